The van der Waals surface area contributed by atoms with Gasteiger partial charge in [-0.15, -0.1) is 0 Å². The van der Waals surface area contributed by atoms with Gasteiger partial charge in [-0.2, -0.15) is 21.6 Å². The second kappa shape index (κ2) is 10.1. The zero-order chi connectivity index (χ0) is 25.2. The third-order valence-electron chi connectivity index (χ3n) is 5.79. The number of aliphatic hydroxyl groups excluding tert-OH is 1. The molecule has 0 aliphatic carbocycles. The van der Waals surface area contributed by atoms with Crippen LogP contribution < -0.4 is 10.4 Å². The van der Waals surface area contributed by atoms with E-state index in [0.29, 0.717) is 0 Å². The van der Waals surface area contributed by atoms with E-state index in [2.05, 4.69) is 25.0 Å². The average Bonchev–Trinajstić information content (AvgIpc) is 2.75. The Bertz CT molecular complexity index is 1000. The lowest BCUT2D eigenvalue weighted by Crippen LogP contribution is -2.68. The van der Waals surface area contributed by atoms with Gasteiger partial charge in [-0.25, -0.2) is 0 Å². The van der Waals surface area contributed by atoms with Gasteiger partial charge >= 0.3 is 15.6 Å². The lowest BCUT2D eigenvalue weighted by atomic mass is 10.1. The van der Waals surface area contributed by atoms with E-state index in [1.807, 2.05) is 60.7 Å². The smallest absolute Gasteiger partial charge is 0.404 e. The molecule has 0 bridgehead atoms. The zero-order valence-electron chi connectivity index (χ0n) is 19.2. The van der Waals surface area contributed by atoms with Crippen LogP contribution in [0.1, 0.15) is 33.6 Å². The molecule has 1 aliphatic rings. The molecule has 34 heavy (non-hydrogen) atoms. The monoisotopic (exact) mass is 518 g/mol. The summed E-state index contributed by atoms with van der Waals surface area (Å²) in [4.78, 5) is 0. The van der Waals surface area contributed by atoms with Crippen LogP contribution in [-0.2, 0) is 23.5 Å². The van der Waals surface area contributed by atoms with Crippen LogP contribution in [0, 0.1) is 0 Å². The molecule has 0 spiro atoms. The second-order valence-electron chi connectivity index (χ2n) is 9.27. The third kappa shape index (κ3) is 5.72. The first-order chi connectivity index (χ1) is 15.8. The van der Waals surface area contributed by atoms with Gasteiger partial charge in [0.2, 0.25) is 0 Å². The number of aliphatic hydroxyl groups is 1. The molecule has 1 saturated heterocycles. The lowest BCUT2D eigenvalue weighted by Gasteiger charge is -2.47. The normalized spacial score (nSPS) is 22.5. The van der Waals surface area contributed by atoms with E-state index in [9.17, 15) is 26.7 Å². The minimum absolute atomic E-state index is 0.0644. The number of ether oxygens (including phenoxy) is 1. The number of rotatable bonds is 7. The molecule has 2 aromatic carbocycles. The standard InChI is InChI=1S/C23H29F3O6SSi/c1-22(2,3)34(19-10-6-4-7-11-19,20-12-8-5-9-13-20)32-17-14-18(31-21(27)15-17)16-30-33(28,29)23(24,25)26/h4-13,17-18,21,27H,14-16H2,1-3H3/t17-,18-,21?/m0/s1. The molecule has 0 radical (unpaired) electrons. The molecule has 2 aromatic rings. The Labute approximate surface area is 198 Å². The molecule has 1 unspecified atom stereocenters. The fourth-order valence-electron chi connectivity index (χ4n) is 4.32. The Hall–Kier alpha value is -1.76. The summed E-state index contributed by atoms with van der Waals surface area (Å²) in [6.07, 6.45) is -2.87. The highest BCUT2D eigenvalue weighted by atomic mass is 32.2. The summed E-state index contributed by atoms with van der Waals surface area (Å²) in [6, 6.07) is 19.5. The number of benzene rings is 2. The maximum Gasteiger partial charge on any atom is 0.523 e. The maximum absolute atomic E-state index is 12.6. The van der Waals surface area contributed by atoms with Gasteiger partial charge in [-0.1, -0.05) is 81.4 Å². The first-order valence-electron chi connectivity index (χ1n) is 10.8. The number of halogens is 3. The molecule has 1 heterocycles. The van der Waals surface area contributed by atoms with Crippen molar-refractivity contribution >= 4 is 28.8 Å². The largest absolute Gasteiger partial charge is 0.523 e. The number of alkyl halides is 3. The zero-order valence-corrected chi connectivity index (χ0v) is 21.0. The second-order valence-corrected chi connectivity index (χ2v) is 15.1. The molecule has 188 valence electrons. The van der Waals surface area contributed by atoms with Crippen molar-refractivity contribution in [3.05, 3.63) is 60.7 Å². The lowest BCUT2D eigenvalue weighted by molar-refractivity contribution is -0.193. The fourth-order valence-corrected chi connectivity index (χ4v) is 9.50. The summed E-state index contributed by atoms with van der Waals surface area (Å²) in [6.45, 7) is 5.35. The van der Waals surface area contributed by atoms with Gasteiger partial charge in [-0.3, -0.25) is 4.18 Å². The summed E-state index contributed by atoms with van der Waals surface area (Å²) in [7, 11) is -8.76. The van der Waals surface area contributed by atoms with Crippen molar-refractivity contribution in [1.82, 2.24) is 0 Å². The average molecular weight is 519 g/mol. The quantitative estimate of drug-likeness (QED) is 0.344. The van der Waals surface area contributed by atoms with Crippen molar-refractivity contribution in [2.45, 2.75) is 62.7 Å². The molecule has 3 atom stereocenters. The molecule has 0 aromatic heterocycles. The predicted molar refractivity (Wildman–Crippen MR) is 124 cm³/mol. The maximum atomic E-state index is 12.6. The topological polar surface area (TPSA) is 82.1 Å². The summed E-state index contributed by atoms with van der Waals surface area (Å²) >= 11 is 0. The highest BCUT2D eigenvalue weighted by Gasteiger charge is 2.52. The van der Waals surface area contributed by atoms with Gasteiger partial charge in [0.1, 0.15) is 0 Å². The first-order valence-corrected chi connectivity index (χ1v) is 14.2. The van der Waals surface area contributed by atoms with Crippen LogP contribution in [0.2, 0.25) is 5.04 Å². The third-order valence-corrected chi connectivity index (χ3v) is 11.9. The summed E-state index contributed by atoms with van der Waals surface area (Å²) in [5.74, 6) is 0. The van der Waals surface area contributed by atoms with Crippen molar-refractivity contribution in [2.75, 3.05) is 6.61 Å². The van der Waals surface area contributed by atoms with Crippen LogP contribution in [0.25, 0.3) is 0 Å². The van der Waals surface area contributed by atoms with Crippen molar-refractivity contribution < 1.29 is 40.0 Å². The minimum Gasteiger partial charge on any atom is -0.404 e. The van der Waals surface area contributed by atoms with Crippen LogP contribution in [0.4, 0.5) is 13.2 Å². The summed E-state index contributed by atoms with van der Waals surface area (Å²) in [5.41, 5.74) is -5.54. The summed E-state index contributed by atoms with van der Waals surface area (Å²) in [5, 5.41) is 11.9. The van der Waals surface area contributed by atoms with E-state index in [0.717, 1.165) is 10.4 Å². The van der Waals surface area contributed by atoms with E-state index in [1.54, 1.807) is 0 Å². The van der Waals surface area contributed by atoms with Gasteiger partial charge in [0.15, 0.2) is 6.29 Å². The highest BCUT2D eigenvalue weighted by Crippen LogP contribution is 2.39. The van der Waals surface area contributed by atoms with E-state index < -0.39 is 49.0 Å². The van der Waals surface area contributed by atoms with Gasteiger partial charge < -0.3 is 14.3 Å². The molecule has 6 nitrogen and oxygen atoms in total. The molecule has 0 amide bonds. The molecule has 1 fully saturated rings. The van der Waals surface area contributed by atoms with E-state index in [-0.39, 0.29) is 17.9 Å². The molecule has 3 rings (SSSR count). The SMILES string of the molecule is CC(C)(C)[Si](O[C@@H]1CC(O)O[C@H](COS(=O)(=O)C(F)(F)F)C1)(c1ccccc1)c1ccccc1. The Balaban J connectivity index is 1.93. The van der Waals surface area contributed by atoms with E-state index >= 15 is 0 Å². The van der Waals surface area contributed by atoms with E-state index in [4.69, 9.17) is 9.16 Å². The van der Waals surface area contributed by atoms with Gasteiger partial charge in [0, 0.05) is 12.8 Å². The van der Waals surface area contributed by atoms with Gasteiger partial charge in [-0.05, 0) is 15.4 Å². The molecule has 1 aliphatic heterocycles. The van der Waals surface area contributed by atoms with Crippen LogP contribution >= 0.6 is 0 Å². The number of hydrogen-bond acceptors (Lipinski definition) is 6. The minimum atomic E-state index is -5.77. The van der Waals surface area contributed by atoms with Gasteiger partial charge in [0.05, 0.1) is 18.8 Å². The molecule has 11 heteroatoms. The van der Waals surface area contributed by atoms with Crippen LogP contribution in [-0.4, -0.2) is 52.5 Å². The predicted octanol–water partition coefficient (Wildman–Crippen LogP) is 3.30. The van der Waals surface area contributed by atoms with Crippen molar-refractivity contribution in [1.29, 1.82) is 0 Å². The Kier molecular flexibility index (Phi) is 7.95. The Morgan fingerprint density at radius 2 is 1.47 bits per heavy atom. The van der Waals surface area contributed by atoms with Crippen LogP contribution in [0.5, 0.6) is 0 Å². The van der Waals surface area contributed by atoms with Crippen LogP contribution in [0.15, 0.2) is 60.7 Å². The molecular formula is C23H29F3O6SSi. The fraction of sp³-hybridized carbons (Fsp3) is 0.478. The van der Waals surface area contributed by atoms with Crippen molar-refractivity contribution in [3.8, 4) is 0 Å². The molecule has 0 saturated carbocycles. The summed E-state index contributed by atoms with van der Waals surface area (Å²) < 4.78 is 76.9. The van der Waals surface area contributed by atoms with Crippen molar-refractivity contribution in [2.24, 2.45) is 0 Å². The molecular weight excluding hydrogens is 489 g/mol. The van der Waals surface area contributed by atoms with Crippen LogP contribution in [0.3, 0.4) is 0 Å². The van der Waals surface area contributed by atoms with E-state index in [1.165, 1.54) is 0 Å². The number of hydrogen-bond donors (Lipinski definition) is 1. The highest BCUT2D eigenvalue weighted by molar-refractivity contribution is 7.87. The Morgan fingerprint density at radius 1 is 0.971 bits per heavy atom. The van der Waals surface area contributed by atoms with Crippen molar-refractivity contribution in [3.63, 3.8) is 0 Å². The first kappa shape index (κ1) is 26.8. The van der Waals surface area contributed by atoms with Gasteiger partial charge in [0.25, 0.3) is 8.32 Å². The Morgan fingerprint density at radius 3 is 1.91 bits per heavy atom. The molecule has 1 N–H and O–H groups in total.